The van der Waals surface area contributed by atoms with Crippen molar-refractivity contribution < 1.29 is 26.7 Å². The summed E-state index contributed by atoms with van der Waals surface area (Å²) in [6, 6.07) is 0. The molecule has 0 saturated carbocycles. The van der Waals surface area contributed by atoms with Crippen LogP contribution < -0.4 is 0 Å². The molecule has 0 spiro atoms. The van der Waals surface area contributed by atoms with Gasteiger partial charge in [0.25, 0.3) is 0 Å². The molecule has 1 heterocycles. The Balaban J connectivity index is 2.78. The number of hydrogen-bond donors (Lipinski definition) is 0. The molecule has 0 N–H and O–H groups in total. The molecule has 7 heteroatoms. The van der Waals surface area contributed by atoms with E-state index in [-0.39, 0.29) is 22.6 Å². The first-order valence-electron chi connectivity index (χ1n) is 2.04. The number of epoxide rings is 1. The Morgan fingerprint density at radius 1 is 1.20 bits per heavy atom. The average molecular weight is 274 g/mol. The van der Waals surface area contributed by atoms with Crippen molar-refractivity contribution in [1.82, 2.24) is 0 Å². The molecule has 1 saturated heterocycles. The summed E-state index contributed by atoms with van der Waals surface area (Å²) in [5.41, 5.74) is 0. The fraction of sp³-hybridized carbons (Fsp3) is 1.00. The first-order chi connectivity index (χ1) is 4.21. The van der Waals surface area contributed by atoms with Crippen LogP contribution in [0.3, 0.4) is 0 Å². The van der Waals surface area contributed by atoms with Gasteiger partial charge in [0.1, 0.15) is 0 Å². The summed E-state index contributed by atoms with van der Waals surface area (Å²) < 4.78 is 57.5. The molecule has 0 radical (unpaired) electrons. The van der Waals surface area contributed by atoms with Gasteiger partial charge in [0.05, 0.1) is 0 Å². The molecule has 0 bridgehead atoms. The predicted molar refractivity (Wildman–Crippen MR) is 28.8 cm³/mol. The number of halogens is 6. The molecule has 60 valence electrons. The minimum atomic E-state index is -4.34. The van der Waals surface area contributed by atoms with Crippen molar-refractivity contribution in [3.05, 3.63) is 0 Å². The first-order valence-corrected chi connectivity index (χ1v) is 3.12. The van der Waals surface area contributed by atoms with E-state index in [2.05, 4.69) is 4.74 Å². The summed E-state index contributed by atoms with van der Waals surface area (Å²) in [6.45, 7) is 0. The Morgan fingerprint density at radius 3 is 1.50 bits per heavy atom. The molecule has 0 aromatic rings. The lowest BCUT2D eigenvalue weighted by atomic mass is 10.4. The molecule has 1 aliphatic heterocycles. The normalized spacial score (nSPS) is 37.8. The Morgan fingerprint density at radius 2 is 1.50 bits per heavy atom. The zero-order valence-corrected chi connectivity index (χ0v) is 6.33. The molecular weight excluding hydrogens is 274 g/mol. The fourth-order valence-corrected chi connectivity index (χ4v) is 0.798. The number of rotatable bonds is 1. The maximum Gasteiger partial charge on any atom is 0.425 e. The summed E-state index contributed by atoms with van der Waals surface area (Å²) in [6.07, 6.45) is -4.34. The van der Waals surface area contributed by atoms with Crippen LogP contribution in [0, 0.1) is 0 Å². The maximum atomic E-state index is 12.1. The molecule has 1 atom stereocenters. The predicted octanol–water partition coefficient (Wildman–Crippen LogP) is 2.30. The summed E-state index contributed by atoms with van der Waals surface area (Å²) in [4.78, 5) is 0. The van der Waals surface area contributed by atoms with Gasteiger partial charge in [0, 0.05) is 22.6 Å². The summed E-state index contributed by atoms with van der Waals surface area (Å²) in [5, 5.41) is 0. The van der Waals surface area contributed by atoms with Gasteiger partial charge in [0.2, 0.25) is 0 Å². The van der Waals surface area contributed by atoms with E-state index in [0.717, 1.165) is 0 Å². The maximum absolute atomic E-state index is 12.1. The van der Waals surface area contributed by atoms with Gasteiger partial charge in [0.15, 0.2) is 0 Å². The van der Waals surface area contributed by atoms with Crippen LogP contribution in [-0.4, -0.2) is 15.9 Å². The van der Waals surface area contributed by atoms with Crippen molar-refractivity contribution in [3.8, 4) is 0 Å². The average Bonchev–Trinajstić information content (AvgIpc) is 2.05. The van der Waals surface area contributed by atoms with Crippen LogP contribution in [0.25, 0.3) is 0 Å². The third kappa shape index (κ3) is 0.900. The minimum absolute atomic E-state index is 0.258. The number of alkyl halides is 6. The Kier molecular flexibility index (Phi) is 1.47. The van der Waals surface area contributed by atoms with Crippen LogP contribution in [-0.2, 0) is 4.74 Å². The Bertz CT molecular complexity index is 165. The van der Waals surface area contributed by atoms with Crippen molar-refractivity contribution in [2.45, 2.75) is 15.9 Å². The van der Waals surface area contributed by atoms with Gasteiger partial charge >= 0.3 is 15.9 Å². The molecule has 1 rings (SSSR count). The highest BCUT2D eigenvalue weighted by atomic mass is 127. The monoisotopic (exact) mass is 274 g/mol. The molecule has 10 heavy (non-hydrogen) atoms. The molecular formula is C3F5IO. The van der Waals surface area contributed by atoms with Crippen molar-refractivity contribution in [2.24, 2.45) is 0 Å². The van der Waals surface area contributed by atoms with Crippen LogP contribution in [0.5, 0.6) is 0 Å². The van der Waals surface area contributed by atoms with E-state index in [1.165, 1.54) is 0 Å². The molecule has 0 aliphatic carbocycles. The van der Waals surface area contributed by atoms with E-state index in [4.69, 9.17) is 0 Å². The second-order valence-electron chi connectivity index (χ2n) is 1.71. The summed E-state index contributed by atoms with van der Waals surface area (Å²) >= 11 is 0.258. The van der Waals surface area contributed by atoms with Gasteiger partial charge in [-0.1, -0.05) is 0 Å². The van der Waals surface area contributed by atoms with Crippen molar-refractivity contribution in [2.75, 3.05) is 0 Å². The quantitative estimate of drug-likeness (QED) is 0.309. The summed E-state index contributed by atoms with van der Waals surface area (Å²) in [7, 11) is 0. The topological polar surface area (TPSA) is 12.5 Å². The van der Waals surface area contributed by atoms with Crippen molar-refractivity contribution in [1.29, 1.82) is 0 Å². The van der Waals surface area contributed by atoms with Gasteiger partial charge in [-0.3, -0.25) is 4.74 Å². The van der Waals surface area contributed by atoms with Crippen LogP contribution >= 0.6 is 22.6 Å². The Labute approximate surface area is 65.7 Å². The summed E-state index contributed by atoms with van der Waals surface area (Å²) in [5.74, 6) is -4.10. The van der Waals surface area contributed by atoms with Gasteiger partial charge in [-0.05, 0) is 0 Å². The van der Waals surface area contributed by atoms with Gasteiger partial charge < -0.3 is 0 Å². The van der Waals surface area contributed by atoms with Gasteiger partial charge in [-0.2, -0.15) is 22.0 Å². The largest absolute Gasteiger partial charge is 0.425 e. The molecule has 1 aliphatic rings. The van der Waals surface area contributed by atoms with E-state index in [0.29, 0.717) is 0 Å². The minimum Gasteiger partial charge on any atom is -0.264 e. The van der Waals surface area contributed by atoms with E-state index in [1.807, 2.05) is 0 Å². The zero-order chi connectivity index (χ0) is 8.21. The molecule has 1 fully saturated rings. The van der Waals surface area contributed by atoms with E-state index >= 15 is 0 Å². The van der Waals surface area contributed by atoms with E-state index in [9.17, 15) is 22.0 Å². The Hall–Kier alpha value is 0.340. The third-order valence-electron chi connectivity index (χ3n) is 0.966. The molecule has 1 nitrogen and oxygen atoms in total. The van der Waals surface area contributed by atoms with Crippen molar-refractivity contribution in [3.63, 3.8) is 0 Å². The lowest BCUT2D eigenvalue weighted by Gasteiger charge is -2.07. The van der Waals surface area contributed by atoms with Gasteiger partial charge in [-0.15, -0.1) is 0 Å². The number of ether oxygens (including phenoxy) is 1. The molecule has 0 aromatic carbocycles. The highest BCUT2D eigenvalue weighted by Crippen LogP contribution is 2.62. The van der Waals surface area contributed by atoms with Gasteiger partial charge in [-0.25, -0.2) is 0 Å². The zero-order valence-electron chi connectivity index (χ0n) is 4.18. The molecule has 1 unspecified atom stereocenters. The second-order valence-corrected chi connectivity index (χ2v) is 3.07. The van der Waals surface area contributed by atoms with E-state index < -0.39 is 15.9 Å². The van der Waals surface area contributed by atoms with Crippen LogP contribution in [0.4, 0.5) is 22.0 Å². The van der Waals surface area contributed by atoms with Crippen LogP contribution in [0.2, 0.25) is 0 Å². The number of hydrogen-bond acceptors (Lipinski definition) is 1. The van der Waals surface area contributed by atoms with Crippen LogP contribution in [0.1, 0.15) is 0 Å². The fourth-order valence-electron chi connectivity index (χ4n) is 0.374. The van der Waals surface area contributed by atoms with E-state index in [1.54, 1.807) is 0 Å². The van der Waals surface area contributed by atoms with Crippen molar-refractivity contribution >= 4 is 22.6 Å². The molecule has 0 aromatic heterocycles. The standard InChI is InChI=1S/C3F5IO/c4-1(2(5,6)9)3(7,8)10-1. The first kappa shape index (κ1) is 8.44. The second kappa shape index (κ2) is 1.74. The highest BCUT2D eigenvalue weighted by Gasteiger charge is 2.88. The SMILES string of the molecule is FC(F)(I)C1(F)OC1(F)F. The smallest absolute Gasteiger partial charge is 0.264 e. The lowest BCUT2D eigenvalue weighted by molar-refractivity contribution is -0.0606. The highest BCUT2D eigenvalue weighted by molar-refractivity contribution is 14.1. The third-order valence-corrected chi connectivity index (χ3v) is 1.66. The molecule has 0 amide bonds. The lowest BCUT2D eigenvalue weighted by Crippen LogP contribution is -2.30. The van der Waals surface area contributed by atoms with Crippen LogP contribution in [0.15, 0.2) is 0 Å².